The van der Waals surface area contributed by atoms with Crippen LogP contribution in [0.1, 0.15) is 45.6 Å². The fourth-order valence-electron chi connectivity index (χ4n) is 3.26. The molecule has 3 rings (SSSR count). The average Bonchev–Trinajstić information content (AvgIpc) is 2.53. The molecule has 0 aliphatic carbocycles. The maximum absolute atomic E-state index is 11.9. The van der Waals surface area contributed by atoms with Gasteiger partial charge in [-0.05, 0) is 51.7 Å². The topological polar surface area (TPSA) is 53.9 Å². The van der Waals surface area contributed by atoms with Gasteiger partial charge in [0.05, 0.1) is 5.69 Å². The Morgan fingerprint density at radius 2 is 1.92 bits per heavy atom. The highest BCUT2D eigenvalue weighted by Gasteiger charge is 2.26. The molecule has 2 aliphatic heterocycles. The first-order chi connectivity index (χ1) is 11.4. The Balaban J connectivity index is 1.53. The minimum atomic E-state index is -0.449. The van der Waals surface area contributed by atoms with Crippen molar-refractivity contribution in [2.75, 3.05) is 13.1 Å². The molecule has 1 N–H and O–H groups in total. The summed E-state index contributed by atoms with van der Waals surface area (Å²) in [5.74, 6) is 1.18. The number of carbonyl (C=O) groups is 1. The van der Waals surface area contributed by atoms with Crippen LogP contribution in [0.4, 0.5) is 10.5 Å². The minimum absolute atomic E-state index is 0.188. The summed E-state index contributed by atoms with van der Waals surface area (Å²) in [5.41, 5.74) is 1.99. The molecular weight excluding hydrogens is 302 g/mol. The van der Waals surface area contributed by atoms with Crippen molar-refractivity contribution >= 4 is 17.6 Å². The number of fused-ring (bicyclic) bond motifs is 1. The minimum Gasteiger partial charge on any atom is -0.444 e. The van der Waals surface area contributed by atoms with Crippen LogP contribution in [-0.4, -0.2) is 41.6 Å². The second kappa shape index (κ2) is 6.83. The van der Waals surface area contributed by atoms with Gasteiger partial charge in [0, 0.05) is 25.6 Å². The van der Waals surface area contributed by atoms with Crippen molar-refractivity contribution in [3.63, 3.8) is 0 Å². The van der Waals surface area contributed by atoms with E-state index in [-0.39, 0.29) is 12.1 Å². The van der Waals surface area contributed by atoms with Gasteiger partial charge in [0.25, 0.3) is 0 Å². The fourth-order valence-corrected chi connectivity index (χ4v) is 3.26. The summed E-state index contributed by atoms with van der Waals surface area (Å²) >= 11 is 0. The van der Waals surface area contributed by atoms with E-state index in [1.165, 1.54) is 11.4 Å². The Morgan fingerprint density at radius 1 is 1.21 bits per heavy atom. The Morgan fingerprint density at radius 3 is 2.62 bits per heavy atom. The molecule has 0 saturated carbocycles. The van der Waals surface area contributed by atoms with Gasteiger partial charge in [-0.1, -0.05) is 18.2 Å². The number of piperidine rings is 1. The summed E-state index contributed by atoms with van der Waals surface area (Å²) in [7, 11) is 0. The number of likely N-dealkylation sites (tertiary alicyclic amines) is 1. The lowest BCUT2D eigenvalue weighted by Gasteiger charge is -2.35. The normalized spacial score (nSPS) is 18.6. The van der Waals surface area contributed by atoms with Crippen LogP contribution in [0.15, 0.2) is 29.3 Å². The predicted molar refractivity (Wildman–Crippen MR) is 95.8 cm³/mol. The second-order valence-corrected chi connectivity index (χ2v) is 7.56. The Kier molecular flexibility index (Phi) is 4.78. The number of benzene rings is 1. The van der Waals surface area contributed by atoms with Crippen LogP contribution in [0.5, 0.6) is 0 Å². The number of nitrogens with zero attached hydrogens (tertiary/aromatic N) is 2. The van der Waals surface area contributed by atoms with Crippen LogP contribution in [-0.2, 0) is 11.2 Å². The molecule has 2 heterocycles. The quantitative estimate of drug-likeness (QED) is 0.855. The van der Waals surface area contributed by atoms with Crippen molar-refractivity contribution in [1.82, 2.24) is 10.2 Å². The molecule has 5 nitrogen and oxygen atoms in total. The van der Waals surface area contributed by atoms with Gasteiger partial charge in [-0.2, -0.15) is 0 Å². The van der Waals surface area contributed by atoms with E-state index in [1.54, 1.807) is 0 Å². The first-order valence-corrected chi connectivity index (χ1v) is 8.81. The van der Waals surface area contributed by atoms with Crippen molar-refractivity contribution in [2.24, 2.45) is 4.99 Å². The summed E-state index contributed by atoms with van der Waals surface area (Å²) in [5, 5.41) is 2.99. The molecule has 0 aromatic heterocycles. The molecule has 1 amide bonds. The number of hydrogen-bond donors (Lipinski definition) is 1. The van der Waals surface area contributed by atoms with Crippen LogP contribution < -0.4 is 5.32 Å². The van der Waals surface area contributed by atoms with Gasteiger partial charge in [0.2, 0.25) is 0 Å². The number of hydrogen-bond acceptors (Lipinski definition) is 4. The van der Waals surface area contributed by atoms with Crippen molar-refractivity contribution in [2.45, 2.75) is 58.1 Å². The third kappa shape index (κ3) is 4.28. The lowest BCUT2D eigenvalue weighted by Crippen LogP contribution is -2.47. The van der Waals surface area contributed by atoms with Gasteiger partial charge in [0.15, 0.2) is 0 Å². The third-order valence-corrected chi connectivity index (χ3v) is 4.44. The van der Waals surface area contributed by atoms with Gasteiger partial charge in [-0.3, -0.25) is 0 Å². The van der Waals surface area contributed by atoms with E-state index in [9.17, 15) is 4.79 Å². The highest BCUT2D eigenvalue weighted by Crippen LogP contribution is 2.27. The average molecular weight is 329 g/mol. The standard InChI is InChI=1S/C19H27N3O2/c1-19(2,3)24-18(23)20-15-10-12-22(13-11-15)17-9-8-14-6-4-5-7-16(14)21-17/h4-7,15H,8-13H2,1-3H3,(H,20,23). The van der Waals surface area contributed by atoms with Gasteiger partial charge in [-0.15, -0.1) is 0 Å². The van der Waals surface area contributed by atoms with Crippen molar-refractivity contribution in [3.8, 4) is 0 Å². The zero-order chi connectivity index (χ0) is 17.2. The molecule has 0 unspecified atom stereocenters. The number of carbonyl (C=O) groups excluding carboxylic acids is 1. The molecule has 0 spiro atoms. The van der Waals surface area contributed by atoms with Crippen molar-refractivity contribution < 1.29 is 9.53 Å². The Hall–Kier alpha value is -2.04. The Bertz CT molecular complexity index is 626. The summed E-state index contributed by atoms with van der Waals surface area (Å²) in [4.78, 5) is 19.1. The van der Waals surface area contributed by atoms with Crippen LogP contribution in [0.25, 0.3) is 0 Å². The molecule has 1 aromatic rings. The van der Waals surface area contributed by atoms with E-state index in [2.05, 4.69) is 28.4 Å². The van der Waals surface area contributed by atoms with Crippen LogP contribution >= 0.6 is 0 Å². The molecule has 24 heavy (non-hydrogen) atoms. The van der Waals surface area contributed by atoms with Crippen molar-refractivity contribution in [1.29, 1.82) is 0 Å². The zero-order valence-corrected chi connectivity index (χ0v) is 14.8. The number of alkyl carbamates (subject to hydrolysis) is 1. The van der Waals surface area contributed by atoms with Gasteiger partial charge >= 0.3 is 6.09 Å². The van der Waals surface area contributed by atoms with Gasteiger partial charge < -0.3 is 15.0 Å². The maximum atomic E-state index is 11.9. The summed E-state index contributed by atoms with van der Waals surface area (Å²) in [6, 6.07) is 8.56. The molecule has 2 aliphatic rings. The number of para-hydroxylation sites is 1. The highest BCUT2D eigenvalue weighted by atomic mass is 16.6. The number of rotatable bonds is 1. The van der Waals surface area contributed by atoms with E-state index in [0.29, 0.717) is 0 Å². The Labute approximate surface area is 144 Å². The van der Waals surface area contributed by atoms with Crippen LogP contribution in [0, 0.1) is 0 Å². The number of aliphatic imine (C=N–C) groups is 1. The second-order valence-electron chi connectivity index (χ2n) is 7.56. The first kappa shape index (κ1) is 16.8. The summed E-state index contributed by atoms with van der Waals surface area (Å²) < 4.78 is 5.34. The molecule has 1 fully saturated rings. The smallest absolute Gasteiger partial charge is 0.407 e. The molecule has 0 atom stereocenters. The summed E-state index contributed by atoms with van der Waals surface area (Å²) in [6.07, 6.45) is 3.61. The number of nitrogens with one attached hydrogen (secondary N) is 1. The van der Waals surface area contributed by atoms with E-state index in [0.717, 1.165) is 44.5 Å². The third-order valence-electron chi connectivity index (χ3n) is 4.44. The fraction of sp³-hybridized carbons (Fsp3) is 0.579. The first-order valence-electron chi connectivity index (χ1n) is 8.81. The van der Waals surface area contributed by atoms with Crippen LogP contribution in [0.2, 0.25) is 0 Å². The molecule has 1 saturated heterocycles. The molecule has 1 aromatic carbocycles. The zero-order valence-electron chi connectivity index (χ0n) is 14.8. The molecule has 0 bridgehead atoms. The molecule has 0 radical (unpaired) electrons. The van der Waals surface area contributed by atoms with Gasteiger partial charge in [0.1, 0.15) is 11.4 Å². The largest absolute Gasteiger partial charge is 0.444 e. The molecule has 5 heteroatoms. The van der Waals surface area contributed by atoms with Gasteiger partial charge in [-0.25, -0.2) is 9.79 Å². The maximum Gasteiger partial charge on any atom is 0.407 e. The number of amides is 1. The van der Waals surface area contributed by atoms with E-state index in [4.69, 9.17) is 9.73 Å². The van der Waals surface area contributed by atoms with E-state index >= 15 is 0 Å². The van der Waals surface area contributed by atoms with E-state index < -0.39 is 5.60 Å². The monoisotopic (exact) mass is 329 g/mol. The summed E-state index contributed by atoms with van der Waals surface area (Å²) in [6.45, 7) is 7.51. The lowest BCUT2D eigenvalue weighted by molar-refractivity contribution is 0.0488. The van der Waals surface area contributed by atoms with Crippen LogP contribution in [0.3, 0.4) is 0 Å². The number of aryl methyl sites for hydroxylation is 1. The highest BCUT2D eigenvalue weighted by molar-refractivity contribution is 5.87. The van der Waals surface area contributed by atoms with Crippen molar-refractivity contribution in [3.05, 3.63) is 29.8 Å². The number of amidine groups is 1. The van der Waals surface area contributed by atoms with E-state index in [1.807, 2.05) is 26.8 Å². The molecule has 130 valence electrons. The molecular formula is C19H27N3O2. The number of ether oxygens (including phenoxy) is 1. The lowest BCUT2D eigenvalue weighted by atomic mass is 10.0. The SMILES string of the molecule is CC(C)(C)OC(=O)NC1CCN(C2=Nc3ccccc3CC2)CC1. The predicted octanol–water partition coefficient (Wildman–Crippen LogP) is 3.65.